The van der Waals surface area contributed by atoms with Crippen molar-refractivity contribution in [2.45, 2.75) is 44.8 Å². The van der Waals surface area contributed by atoms with E-state index in [1.807, 2.05) is 27.0 Å². The van der Waals surface area contributed by atoms with E-state index >= 15 is 0 Å². The molecule has 0 fully saturated rings. The third-order valence-corrected chi connectivity index (χ3v) is 6.56. The molecule has 0 saturated carbocycles. The molecule has 5 atom stereocenters. The van der Waals surface area contributed by atoms with Crippen molar-refractivity contribution < 1.29 is 9.18 Å². The van der Waals surface area contributed by atoms with Gasteiger partial charge in [0, 0.05) is 36.8 Å². The number of benzene rings is 1. The lowest BCUT2D eigenvalue weighted by atomic mass is 9.85. The molecular weight excluding hydrogens is 402 g/mol. The van der Waals surface area contributed by atoms with Crippen molar-refractivity contribution in [3.8, 4) is 0 Å². The molecule has 0 bridgehead atoms. The highest BCUT2D eigenvalue weighted by Crippen LogP contribution is 2.37. The Balaban J connectivity index is 1.72. The van der Waals surface area contributed by atoms with Crippen LogP contribution in [0.2, 0.25) is 0 Å². The van der Waals surface area contributed by atoms with Gasteiger partial charge in [0.2, 0.25) is 0 Å². The van der Waals surface area contributed by atoms with Crippen molar-refractivity contribution >= 4 is 26.5 Å². The van der Waals surface area contributed by atoms with Crippen molar-refractivity contribution in [1.29, 1.82) is 0 Å². The molecule has 9 heteroatoms. The number of fused-ring (bicyclic) bond motifs is 1. The second kappa shape index (κ2) is 9.43. The molecular formula is C21H30FN6OP. The molecule has 30 heavy (non-hydrogen) atoms. The molecule has 2 aromatic rings. The number of nitrogens with zero attached hydrogens (tertiary/aromatic N) is 2. The summed E-state index contributed by atoms with van der Waals surface area (Å²) in [6.45, 7) is 4.15. The average molecular weight is 432 g/mol. The molecule has 0 aliphatic heterocycles. The smallest absolute Gasteiger partial charge is 0.130 e. The SMILES string of the molecule is CNc1c(C(N)NCC(C=O)C(N)C2CCc3cc(F)c(P)cc32)nnc(C)c1C. The zero-order chi connectivity index (χ0) is 22.0. The molecule has 7 nitrogen and oxygen atoms in total. The summed E-state index contributed by atoms with van der Waals surface area (Å²) in [6.07, 6.45) is 1.83. The number of aldehydes is 1. The van der Waals surface area contributed by atoms with Gasteiger partial charge < -0.3 is 21.6 Å². The molecule has 1 heterocycles. The van der Waals surface area contributed by atoms with E-state index in [4.69, 9.17) is 11.5 Å². The van der Waals surface area contributed by atoms with Crippen LogP contribution in [-0.2, 0) is 11.2 Å². The number of rotatable bonds is 8. The van der Waals surface area contributed by atoms with E-state index in [2.05, 4.69) is 30.1 Å². The molecule has 0 saturated heterocycles. The Kier molecular flexibility index (Phi) is 7.14. The van der Waals surface area contributed by atoms with Gasteiger partial charge in [-0.3, -0.25) is 5.32 Å². The predicted octanol–water partition coefficient (Wildman–Crippen LogP) is 1.19. The Morgan fingerprint density at radius 3 is 2.73 bits per heavy atom. The molecule has 1 aromatic heterocycles. The fourth-order valence-corrected chi connectivity index (χ4v) is 4.43. The highest BCUT2D eigenvalue weighted by atomic mass is 31.0. The largest absolute Gasteiger partial charge is 0.386 e. The van der Waals surface area contributed by atoms with Crippen LogP contribution in [0.15, 0.2) is 12.1 Å². The fourth-order valence-electron chi connectivity index (χ4n) is 4.17. The number of hydrogen-bond acceptors (Lipinski definition) is 7. The van der Waals surface area contributed by atoms with Crippen molar-refractivity contribution in [3.63, 3.8) is 0 Å². The maximum absolute atomic E-state index is 13.9. The number of nitrogens with two attached hydrogens (primary N) is 2. The molecule has 5 unspecified atom stereocenters. The third-order valence-electron chi connectivity index (χ3n) is 6.12. The van der Waals surface area contributed by atoms with E-state index in [1.54, 1.807) is 6.07 Å². The Bertz CT molecular complexity index is 940. The predicted molar refractivity (Wildman–Crippen MR) is 120 cm³/mol. The van der Waals surface area contributed by atoms with Gasteiger partial charge in [-0.25, -0.2) is 4.39 Å². The van der Waals surface area contributed by atoms with Crippen molar-refractivity contribution in [1.82, 2.24) is 15.5 Å². The number of hydrogen-bond donors (Lipinski definition) is 4. The number of carbonyl (C=O) groups is 1. The van der Waals surface area contributed by atoms with Crippen LogP contribution < -0.4 is 27.4 Å². The summed E-state index contributed by atoms with van der Waals surface area (Å²) in [5.41, 5.74) is 18.0. The number of aryl methyl sites for hydroxylation is 2. The first-order chi connectivity index (χ1) is 14.3. The lowest BCUT2D eigenvalue weighted by molar-refractivity contribution is -0.111. The minimum atomic E-state index is -0.600. The van der Waals surface area contributed by atoms with Gasteiger partial charge in [0.05, 0.1) is 11.4 Å². The van der Waals surface area contributed by atoms with Crippen LogP contribution in [0.3, 0.4) is 0 Å². The topological polar surface area (TPSA) is 119 Å². The van der Waals surface area contributed by atoms with E-state index in [1.165, 1.54) is 0 Å². The van der Waals surface area contributed by atoms with Gasteiger partial charge in [0.25, 0.3) is 0 Å². The van der Waals surface area contributed by atoms with Gasteiger partial charge in [0.1, 0.15) is 24.0 Å². The number of aromatic nitrogens is 2. The van der Waals surface area contributed by atoms with E-state index in [-0.39, 0.29) is 11.7 Å². The van der Waals surface area contributed by atoms with E-state index in [0.717, 1.165) is 47.2 Å². The summed E-state index contributed by atoms with van der Waals surface area (Å²) < 4.78 is 13.9. The average Bonchev–Trinajstić information content (AvgIpc) is 3.12. The first-order valence-electron chi connectivity index (χ1n) is 10.1. The quantitative estimate of drug-likeness (QED) is 0.281. The van der Waals surface area contributed by atoms with E-state index in [0.29, 0.717) is 17.5 Å². The van der Waals surface area contributed by atoms with Crippen LogP contribution >= 0.6 is 9.24 Å². The first-order valence-corrected chi connectivity index (χ1v) is 10.6. The molecule has 1 aliphatic rings. The van der Waals surface area contributed by atoms with Gasteiger partial charge in [0.15, 0.2) is 0 Å². The summed E-state index contributed by atoms with van der Waals surface area (Å²) in [7, 11) is 4.22. The highest BCUT2D eigenvalue weighted by Gasteiger charge is 2.33. The van der Waals surface area contributed by atoms with Crippen LogP contribution in [0, 0.1) is 25.6 Å². The van der Waals surface area contributed by atoms with Gasteiger partial charge in [-0.15, -0.1) is 9.24 Å². The Morgan fingerprint density at radius 1 is 1.33 bits per heavy atom. The van der Waals surface area contributed by atoms with Crippen LogP contribution in [-0.4, -0.2) is 36.1 Å². The minimum absolute atomic E-state index is 0.00223. The fraction of sp³-hybridized carbons (Fsp3) is 0.476. The molecule has 0 radical (unpaired) electrons. The third kappa shape index (κ3) is 4.37. The molecule has 162 valence electrons. The number of nitrogens with one attached hydrogen (secondary N) is 2. The second-order valence-corrected chi connectivity index (χ2v) is 8.52. The van der Waals surface area contributed by atoms with Gasteiger partial charge in [-0.05, 0) is 55.5 Å². The van der Waals surface area contributed by atoms with Crippen LogP contribution in [0.25, 0.3) is 0 Å². The van der Waals surface area contributed by atoms with Gasteiger partial charge >= 0.3 is 0 Å². The zero-order valence-electron chi connectivity index (χ0n) is 17.6. The number of halogens is 1. The number of anilines is 1. The van der Waals surface area contributed by atoms with Crippen LogP contribution in [0.1, 0.15) is 46.6 Å². The molecule has 1 aliphatic carbocycles. The minimum Gasteiger partial charge on any atom is -0.386 e. The molecule has 0 spiro atoms. The van der Waals surface area contributed by atoms with Crippen LogP contribution in [0.5, 0.6) is 0 Å². The lowest BCUT2D eigenvalue weighted by Crippen LogP contribution is -2.44. The molecule has 1 aromatic carbocycles. The summed E-state index contributed by atoms with van der Waals surface area (Å²) in [5, 5.41) is 15.2. The van der Waals surface area contributed by atoms with Crippen molar-refractivity contribution in [2.24, 2.45) is 17.4 Å². The highest BCUT2D eigenvalue weighted by molar-refractivity contribution is 7.27. The zero-order valence-corrected chi connectivity index (χ0v) is 18.7. The van der Waals surface area contributed by atoms with E-state index < -0.39 is 18.1 Å². The normalized spacial score (nSPS) is 18.6. The summed E-state index contributed by atoms with van der Waals surface area (Å²) in [4.78, 5) is 11.8. The van der Waals surface area contributed by atoms with Crippen molar-refractivity contribution in [2.75, 3.05) is 18.9 Å². The Hall–Kier alpha value is -1.99. The molecule has 0 amide bonds. The number of carbonyl (C=O) groups excluding carboxylic acids is 1. The summed E-state index contributed by atoms with van der Waals surface area (Å²) in [6, 6.07) is 3.01. The Labute approximate surface area is 178 Å². The lowest BCUT2D eigenvalue weighted by Gasteiger charge is -2.27. The van der Waals surface area contributed by atoms with E-state index in [9.17, 15) is 9.18 Å². The van der Waals surface area contributed by atoms with Gasteiger partial charge in [-0.1, -0.05) is 0 Å². The maximum atomic E-state index is 13.9. The second-order valence-electron chi connectivity index (χ2n) is 7.90. The maximum Gasteiger partial charge on any atom is 0.130 e. The van der Waals surface area contributed by atoms with Crippen LogP contribution in [0.4, 0.5) is 10.1 Å². The first kappa shape index (κ1) is 22.7. The van der Waals surface area contributed by atoms with Gasteiger partial charge in [-0.2, -0.15) is 10.2 Å². The molecule has 6 N–H and O–H groups in total. The Morgan fingerprint density at radius 2 is 2.07 bits per heavy atom. The van der Waals surface area contributed by atoms with Crippen molar-refractivity contribution in [3.05, 3.63) is 46.0 Å². The summed E-state index contributed by atoms with van der Waals surface area (Å²) in [5.74, 6) is -0.674. The summed E-state index contributed by atoms with van der Waals surface area (Å²) >= 11 is 0. The monoisotopic (exact) mass is 432 g/mol. The standard InChI is InChI=1S/C21H30FN6OP/c1-10-11(2)27-28-20(19(10)25-3)21(24)26-8-13(9-29)18(23)14-5-4-12-6-16(22)17(30)7-15(12)14/h6-7,9,13-14,18,21,26H,4-5,8,23-24,30H2,1-3H3,(H,25,27). The molecule has 3 rings (SSSR count).